The first kappa shape index (κ1) is 20.6. The molecule has 168 valence electrons. The minimum absolute atomic E-state index is 0.0323. The SMILES string of the molecule is O=C(NCc1ccc(F)cc1F)c1cn2c(c(O)c1=O)C(=O)OC1CC(NCC2)C2CC12. The number of rotatable bonds is 3. The standard InChI is InChI=1S/C22H21F2N3O5/c23-11-2-1-10(15(24)5-11)8-26-21(30)14-9-27-4-3-25-16-7-17(13-6-12(13)16)32-22(31)18(27)20(29)19(14)28/h1-2,5,9,12-13,16-17,25,29H,3-4,6-8H2,(H,26,30). The number of carbonyl (C=O) groups is 2. The van der Waals surface area contributed by atoms with Crippen molar-refractivity contribution in [3.05, 3.63) is 63.1 Å². The average Bonchev–Trinajstić information content (AvgIpc) is 3.48. The lowest BCUT2D eigenvalue weighted by Gasteiger charge is -2.23. The molecular weight excluding hydrogens is 424 g/mol. The summed E-state index contributed by atoms with van der Waals surface area (Å²) in [4.78, 5) is 38.0. The van der Waals surface area contributed by atoms with Crippen LogP contribution in [0.5, 0.6) is 5.75 Å². The molecule has 0 radical (unpaired) electrons. The Morgan fingerprint density at radius 1 is 1.25 bits per heavy atom. The second kappa shape index (κ2) is 7.70. The van der Waals surface area contributed by atoms with Crippen LogP contribution in [-0.4, -0.2) is 40.2 Å². The quantitative estimate of drug-likeness (QED) is 0.615. The number of carbonyl (C=O) groups excluding carboxylic acids is 2. The van der Waals surface area contributed by atoms with Crippen LogP contribution in [-0.2, 0) is 17.8 Å². The third kappa shape index (κ3) is 3.54. The highest BCUT2D eigenvalue weighted by Gasteiger charge is 2.56. The van der Waals surface area contributed by atoms with Crippen LogP contribution in [0.25, 0.3) is 0 Å². The Bertz CT molecular complexity index is 1180. The van der Waals surface area contributed by atoms with Crippen LogP contribution in [0.2, 0.25) is 0 Å². The monoisotopic (exact) mass is 445 g/mol. The summed E-state index contributed by atoms with van der Waals surface area (Å²) in [5.41, 5.74) is -1.68. The van der Waals surface area contributed by atoms with Crippen molar-refractivity contribution in [2.24, 2.45) is 11.8 Å². The molecule has 2 saturated carbocycles. The molecule has 0 saturated heterocycles. The maximum Gasteiger partial charge on any atom is 0.359 e. The summed E-state index contributed by atoms with van der Waals surface area (Å²) in [6.45, 7) is 0.414. The van der Waals surface area contributed by atoms with Crippen LogP contribution in [0.4, 0.5) is 8.78 Å². The Morgan fingerprint density at radius 3 is 2.84 bits per heavy atom. The number of hydrogen-bond acceptors (Lipinski definition) is 6. The van der Waals surface area contributed by atoms with Crippen molar-refractivity contribution in [3.8, 4) is 5.75 Å². The van der Waals surface area contributed by atoms with E-state index in [1.165, 1.54) is 16.8 Å². The number of aromatic hydroxyl groups is 1. The number of nitrogens with one attached hydrogen (secondary N) is 2. The number of benzene rings is 1. The van der Waals surface area contributed by atoms with Gasteiger partial charge in [-0.1, -0.05) is 6.07 Å². The fourth-order valence-corrected chi connectivity index (χ4v) is 4.80. The minimum Gasteiger partial charge on any atom is -0.502 e. The number of hydrogen-bond donors (Lipinski definition) is 3. The molecule has 8 nitrogen and oxygen atoms in total. The van der Waals surface area contributed by atoms with Gasteiger partial charge in [-0.05, 0) is 18.4 Å². The van der Waals surface area contributed by atoms with E-state index < -0.39 is 40.3 Å². The first-order valence-corrected chi connectivity index (χ1v) is 10.5. The van der Waals surface area contributed by atoms with E-state index in [0.717, 1.165) is 12.5 Å². The van der Waals surface area contributed by atoms with Gasteiger partial charge in [-0.3, -0.25) is 9.59 Å². The molecule has 1 aliphatic heterocycles. The third-order valence-electron chi connectivity index (χ3n) is 6.54. The van der Waals surface area contributed by atoms with Gasteiger partial charge in [-0.15, -0.1) is 0 Å². The van der Waals surface area contributed by atoms with E-state index in [1.807, 2.05) is 0 Å². The molecule has 10 heteroatoms. The highest BCUT2D eigenvalue weighted by molar-refractivity contribution is 5.96. The summed E-state index contributed by atoms with van der Waals surface area (Å²) >= 11 is 0. The van der Waals surface area contributed by atoms with E-state index in [1.54, 1.807) is 0 Å². The summed E-state index contributed by atoms with van der Waals surface area (Å²) in [5, 5.41) is 16.3. The van der Waals surface area contributed by atoms with Gasteiger partial charge < -0.3 is 25.0 Å². The molecule has 1 aromatic heterocycles. The Hall–Kier alpha value is -3.27. The summed E-state index contributed by atoms with van der Waals surface area (Å²) in [7, 11) is 0. The highest BCUT2D eigenvalue weighted by atomic mass is 19.1. The van der Waals surface area contributed by atoms with Gasteiger partial charge in [-0.2, -0.15) is 0 Å². The van der Waals surface area contributed by atoms with Crippen molar-refractivity contribution >= 4 is 11.9 Å². The zero-order valence-corrected chi connectivity index (χ0v) is 16.9. The molecule has 5 rings (SSSR count). The Labute approximate surface area is 181 Å². The minimum atomic E-state index is -1.02. The van der Waals surface area contributed by atoms with Crippen LogP contribution >= 0.6 is 0 Å². The second-order valence-electron chi connectivity index (χ2n) is 8.48. The predicted octanol–water partition coefficient (Wildman–Crippen LogP) is 1.30. The number of ether oxygens (including phenoxy) is 1. The lowest BCUT2D eigenvalue weighted by atomic mass is 10.1. The van der Waals surface area contributed by atoms with Gasteiger partial charge in [0.2, 0.25) is 5.43 Å². The molecule has 1 aromatic carbocycles. The van der Waals surface area contributed by atoms with Crippen LogP contribution in [0.3, 0.4) is 0 Å². The Morgan fingerprint density at radius 2 is 2.06 bits per heavy atom. The van der Waals surface area contributed by atoms with Gasteiger partial charge in [0.1, 0.15) is 23.3 Å². The van der Waals surface area contributed by atoms with E-state index in [9.17, 15) is 28.3 Å². The summed E-state index contributed by atoms with van der Waals surface area (Å²) in [6.07, 6.45) is 2.62. The second-order valence-corrected chi connectivity index (χ2v) is 8.48. The van der Waals surface area contributed by atoms with Gasteiger partial charge in [0, 0.05) is 55.8 Å². The molecular formula is C22H21F2N3O5. The first-order chi connectivity index (χ1) is 15.3. The Balaban J connectivity index is 1.41. The van der Waals surface area contributed by atoms with Crippen molar-refractivity contribution < 1.29 is 28.2 Å². The normalized spacial score (nSPS) is 26.0. The molecule has 4 unspecified atom stereocenters. The van der Waals surface area contributed by atoms with Crippen molar-refractivity contribution in [1.82, 2.24) is 15.2 Å². The van der Waals surface area contributed by atoms with E-state index in [0.29, 0.717) is 30.9 Å². The molecule has 2 fully saturated rings. The Kier molecular flexibility index (Phi) is 4.96. The maximum absolute atomic E-state index is 13.8. The lowest BCUT2D eigenvalue weighted by molar-refractivity contribution is 0.0236. The van der Waals surface area contributed by atoms with Crippen LogP contribution in [0.1, 0.15) is 39.3 Å². The first-order valence-electron chi connectivity index (χ1n) is 10.5. The zero-order valence-electron chi connectivity index (χ0n) is 16.9. The lowest BCUT2D eigenvalue weighted by Crippen LogP contribution is -2.37. The third-order valence-corrected chi connectivity index (χ3v) is 6.54. The van der Waals surface area contributed by atoms with Crippen molar-refractivity contribution in [3.63, 3.8) is 0 Å². The molecule has 3 N–H and O–H groups in total. The molecule has 0 spiro atoms. The van der Waals surface area contributed by atoms with Crippen molar-refractivity contribution in [2.45, 2.75) is 38.1 Å². The number of nitrogens with zero attached hydrogens (tertiary/aromatic N) is 1. The van der Waals surface area contributed by atoms with Crippen molar-refractivity contribution in [2.75, 3.05) is 6.54 Å². The largest absolute Gasteiger partial charge is 0.502 e. The van der Waals surface area contributed by atoms with E-state index in [-0.39, 0.29) is 36.5 Å². The predicted molar refractivity (Wildman–Crippen MR) is 107 cm³/mol. The molecule has 3 aliphatic rings. The van der Waals surface area contributed by atoms with Gasteiger partial charge >= 0.3 is 5.97 Å². The summed E-state index contributed by atoms with van der Waals surface area (Å²) in [5.74, 6) is -3.33. The number of amides is 1. The number of aromatic nitrogens is 1. The number of fused-ring (bicyclic) bond motifs is 6. The highest BCUT2D eigenvalue weighted by Crippen LogP contribution is 2.53. The molecule has 32 heavy (non-hydrogen) atoms. The van der Waals surface area contributed by atoms with Gasteiger partial charge in [0.15, 0.2) is 11.4 Å². The van der Waals surface area contributed by atoms with Crippen LogP contribution in [0.15, 0.2) is 29.2 Å². The van der Waals surface area contributed by atoms with Crippen LogP contribution < -0.4 is 16.1 Å². The molecule has 1 amide bonds. The summed E-state index contributed by atoms with van der Waals surface area (Å²) < 4.78 is 33.8. The van der Waals surface area contributed by atoms with Crippen LogP contribution in [0, 0.1) is 23.5 Å². The van der Waals surface area contributed by atoms with Gasteiger partial charge in [0.25, 0.3) is 5.91 Å². The molecule has 2 heterocycles. The smallest absolute Gasteiger partial charge is 0.359 e. The molecule has 2 aromatic rings. The molecule has 2 aliphatic carbocycles. The fraction of sp³-hybridized carbons (Fsp3) is 0.409. The fourth-order valence-electron chi connectivity index (χ4n) is 4.80. The maximum atomic E-state index is 13.8. The van der Waals surface area contributed by atoms with E-state index >= 15 is 0 Å². The molecule has 4 atom stereocenters. The number of halogens is 2. The molecule has 2 bridgehead atoms. The van der Waals surface area contributed by atoms with Crippen molar-refractivity contribution in [1.29, 1.82) is 0 Å². The van der Waals surface area contributed by atoms with Gasteiger partial charge in [-0.25, -0.2) is 13.6 Å². The summed E-state index contributed by atoms with van der Waals surface area (Å²) in [6, 6.07) is 3.18. The number of pyridine rings is 1. The zero-order chi connectivity index (χ0) is 22.6. The van der Waals surface area contributed by atoms with Gasteiger partial charge in [0.05, 0.1) is 0 Å². The van der Waals surface area contributed by atoms with E-state index in [2.05, 4.69) is 10.6 Å². The van der Waals surface area contributed by atoms with E-state index in [4.69, 9.17) is 4.74 Å². The topological polar surface area (TPSA) is 110 Å². The number of esters is 1. The average molecular weight is 445 g/mol.